The third-order valence-corrected chi connectivity index (χ3v) is 4.22. The van der Waals surface area contributed by atoms with Crippen molar-refractivity contribution in [1.29, 1.82) is 0 Å². The minimum absolute atomic E-state index is 0.0402. The lowest BCUT2D eigenvalue weighted by Crippen LogP contribution is -2.44. The molecule has 1 saturated heterocycles. The van der Waals surface area contributed by atoms with Crippen LogP contribution in [0.3, 0.4) is 0 Å². The van der Waals surface area contributed by atoms with E-state index in [0.29, 0.717) is 13.2 Å². The molecule has 1 aromatic carbocycles. The van der Waals surface area contributed by atoms with Crippen LogP contribution in [-0.4, -0.2) is 43.1 Å². The number of benzene rings is 1. The average Bonchev–Trinajstić information content (AvgIpc) is 3.06. The van der Waals surface area contributed by atoms with Crippen molar-refractivity contribution in [2.75, 3.05) is 26.3 Å². The molecule has 0 saturated carbocycles. The number of rotatable bonds is 6. The molecule has 5 nitrogen and oxygen atoms in total. The molecule has 1 aromatic heterocycles. The summed E-state index contributed by atoms with van der Waals surface area (Å²) in [6.07, 6.45) is 3.52. The first kappa shape index (κ1) is 16.7. The number of carbonyl (C=O) groups is 1. The number of hydrogen-bond donors (Lipinski definition) is 0. The van der Waals surface area contributed by atoms with Gasteiger partial charge in [0.15, 0.2) is 5.78 Å². The van der Waals surface area contributed by atoms with Crippen LogP contribution in [0.4, 0.5) is 0 Å². The van der Waals surface area contributed by atoms with Crippen molar-refractivity contribution in [3.63, 3.8) is 0 Å². The first-order chi connectivity index (χ1) is 11.6. The van der Waals surface area contributed by atoms with Crippen LogP contribution < -0.4 is 4.74 Å². The van der Waals surface area contributed by atoms with E-state index in [2.05, 4.69) is 4.90 Å². The minimum Gasteiger partial charge on any atom is -0.491 e. The van der Waals surface area contributed by atoms with Crippen molar-refractivity contribution in [1.82, 2.24) is 4.90 Å². The third-order valence-electron chi connectivity index (χ3n) is 4.22. The lowest BCUT2D eigenvalue weighted by Gasteiger charge is -2.32. The normalized spacial score (nSPS) is 18.5. The van der Waals surface area contributed by atoms with Gasteiger partial charge in [-0.1, -0.05) is 0 Å². The van der Waals surface area contributed by atoms with Crippen LogP contribution in [-0.2, 0) is 11.3 Å². The molecular formula is C19H23NO4. The number of ether oxygens (including phenoxy) is 2. The molecule has 2 heterocycles. The Morgan fingerprint density at radius 3 is 2.96 bits per heavy atom. The van der Waals surface area contributed by atoms with E-state index in [1.807, 2.05) is 31.2 Å². The Labute approximate surface area is 142 Å². The Morgan fingerprint density at radius 2 is 2.25 bits per heavy atom. The van der Waals surface area contributed by atoms with Gasteiger partial charge in [0.2, 0.25) is 0 Å². The van der Waals surface area contributed by atoms with Crippen molar-refractivity contribution in [2.45, 2.75) is 26.5 Å². The van der Waals surface area contributed by atoms with Crippen LogP contribution >= 0.6 is 0 Å². The maximum Gasteiger partial charge on any atom is 0.160 e. The van der Waals surface area contributed by atoms with Gasteiger partial charge in [0.05, 0.1) is 19.1 Å². The van der Waals surface area contributed by atoms with Crippen molar-refractivity contribution in [2.24, 2.45) is 0 Å². The van der Waals surface area contributed by atoms with Crippen molar-refractivity contribution < 1.29 is 18.7 Å². The van der Waals surface area contributed by atoms with Crippen molar-refractivity contribution in [3.05, 3.63) is 53.5 Å². The number of ketones is 1. The van der Waals surface area contributed by atoms with Crippen molar-refractivity contribution in [3.8, 4) is 5.75 Å². The van der Waals surface area contributed by atoms with E-state index in [4.69, 9.17) is 13.9 Å². The maximum atomic E-state index is 11.5. The highest BCUT2D eigenvalue weighted by Gasteiger charge is 2.21. The smallest absolute Gasteiger partial charge is 0.160 e. The summed E-state index contributed by atoms with van der Waals surface area (Å²) in [6.45, 7) is 7.31. The molecule has 1 atom stereocenters. The summed E-state index contributed by atoms with van der Waals surface area (Å²) in [4.78, 5) is 13.8. The highest BCUT2D eigenvalue weighted by Crippen LogP contribution is 2.19. The first-order valence-corrected chi connectivity index (χ1v) is 8.21. The molecule has 0 aliphatic carbocycles. The number of furan rings is 1. The number of Topliss-reactive ketones (excluding diaryl/α,β-unsaturated/α-hetero) is 1. The van der Waals surface area contributed by atoms with Gasteiger partial charge in [-0.15, -0.1) is 0 Å². The average molecular weight is 329 g/mol. The zero-order valence-corrected chi connectivity index (χ0v) is 14.2. The quantitative estimate of drug-likeness (QED) is 0.762. The van der Waals surface area contributed by atoms with Crippen LogP contribution in [0.2, 0.25) is 0 Å². The molecule has 0 amide bonds. The Morgan fingerprint density at radius 1 is 1.38 bits per heavy atom. The van der Waals surface area contributed by atoms with Crippen LogP contribution in [0.25, 0.3) is 0 Å². The van der Waals surface area contributed by atoms with Gasteiger partial charge in [-0.25, -0.2) is 0 Å². The topological polar surface area (TPSA) is 51.9 Å². The second-order valence-electron chi connectivity index (χ2n) is 6.20. The van der Waals surface area contributed by atoms with E-state index < -0.39 is 0 Å². The zero-order chi connectivity index (χ0) is 16.9. The minimum atomic E-state index is 0.0402. The molecule has 128 valence electrons. The van der Waals surface area contributed by atoms with E-state index in [1.165, 1.54) is 5.56 Å². The molecule has 1 aliphatic heterocycles. The fourth-order valence-electron chi connectivity index (χ4n) is 2.98. The molecule has 0 radical (unpaired) electrons. The van der Waals surface area contributed by atoms with E-state index in [0.717, 1.165) is 36.5 Å². The summed E-state index contributed by atoms with van der Waals surface area (Å²) in [7, 11) is 0. The van der Waals surface area contributed by atoms with Crippen LogP contribution in [0.15, 0.2) is 41.2 Å². The monoisotopic (exact) mass is 329 g/mol. The molecule has 1 aliphatic rings. The van der Waals surface area contributed by atoms with E-state index in [-0.39, 0.29) is 11.9 Å². The molecule has 24 heavy (non-hydrogen) atoms. The van der Waals surface area contributed by atoms with Gasteiger partial charge in [0, 0.05) is 30.8 Å². The Kier molecular flexibility index (Phi) is 5.33. The van der Waals surface area contributed by atoms with E-state index in [1.54, 1.807) is 19.5 Å². The molecule has 1 fully saturated rings. The van der Waals surface area contributed by atoms with Gasteiger partial charge in [-0.3, -0.25) is 9.69 Å². The zero-order valence-electron chi connectivity index (χ0n) is 14.2. The molecule has 0 bridgehead atoms. The summed E-state index contributed by atoms with van der Waals surface area (Å²) in [5.74, 6) is 0.845. The molecule has 5 heteroatoms. The number of morpholine rings is 1. The Hall–Kier alpha value is -2.11. The van der Waals surface area contributed by atoms with E-state index >= 15 is 0 Å². The molecule has 2 aromatic rings. The summed E-state index contributed by atoms with van der Waals surface area (Å²) >= 11 is 0. The summed E-state index contributed by atoms with van der Waals surface area (Å²) < 4.78 is 16.8. The van der Waals surface area contributed by atoms with Gasteiger partial charge < -0.3 is 13.9 Å². The highest BCUT2D eigenvalue weighted by atomic mass is 16.5. The maximum absolute atomic E-state index is 11.5. The van der Waals surface area contributed by atoms with Gasteiger partial charge in [-0.2, -0.15) is 0 Å². The molecular weight excluding hydrogens is 306 g/mol. The Balaban J connectivity index is 1.52. The highest BCUT2D eigenvalue weighted by molar-refractivity contribution is 5.95. The molecule has 0 N–H and O–H groups in total. The van der Waals surface area contributed by atoms with Gasteiger partial charge in [0.25, 0.3) is 0 Å². The van der Waals surface area contributed by atoms with Gasteiger partial charge >= 0.3 is 0 Å². The van der Waals surface area contributed by atoms with Crippen molar-refractivity contribution >= 4 is 5.78 Å². The summed E-state index contributed by atoms with van der Waals surface area (Å²) in [5.41, 5.74) is 2.85. The molecule has 3 rings (SSSR count). The van der Waals surface area contributed by atoms with Crippen LogP contribution in [0.1, 0.15) is 28.4 Å². The number of carbonyl (C=O) groups excluding carboxylic acids is 1. The van der Waals surface area contributed by atoms with Gasteiger partial charge in [-0.05, 0) is 43.7 Å². The lowest BCUT2D eigenvalue weighted by molar-refractivity contribution is -0.0504. The number of aryl methyl sites for hydroxylation is 1. The third kappa shape index (κ3) is 4.24. The SMILES string of the molecule is CC(=O)c1ccc(OCC2CN(Cc3ccoc3)CCO2)cc1C. The van der Waals surface area contributed by atoms with Crippen LogP contribution in [0.5, 0.6) is 5.75 Å². The largest absolute Gasteiger partial charge is 0.491 e. The number of nitrogens with zero attached hydrogens (tertiary/aromatic N) is 1. The van der Waals surface area contributed by atoms with Gasteiger partial charge in [0.1, 0.15) is 18.5 Å². The Bertz CT molecular complexity index is 681. The predicted molar refractivity (Wildman–Crippen MR) is 90.4 cm³/mol. The standard InChI is InChI=1S/C19H23NO4/c1-14-9-17(3-4-19(14)15(2)21)24-13-18-11-20(6-8-23-18)10-16-5-7-22-12-16/h3-5,7,9,12,18H,6,8,10-11,13H2,1-2H3. The second kappa shape index (κ2) is 7.64. The van der Waals surface area contributed by atoms with E-state index in [9.17, 15) is 4.79 Å². The molecule has 1 unspecified atom stereocenters. The number of hydrogen-bond acceptors (Lipinski definition) is 5. The fourth-order valence-corrected chi connectivity index (χ4v) is 2.98. The fraction of sp³-hybridized carbons (Fsp3) is 0.421. The van der Waals surface area contributed by atoms with Crippen LogP contribution in [0, 0.1) is 6.92 Å². The molecule has 0 spiro atoms. The summed E-state index contributed by atoms with van der Waals surface area (Å²) in [5, 5.41) is 0. The predicted octanol–water partition coefficient (Wildman–Crippen LogP) is 3.07. The summed E-state index contributed by atoms with van der Waals surface area (Å²) in [6, 6.07) is 7.55. The first-order valence-electron chi connectivity index (χ1n) is 8.21. The lowest BCUT2D eigenvalue weighted by atomic mass is 10.1. The second-order valence-corrected chi connectivity index (χ2v) is 6.20.